The van der Waals surface area contributed by atoms with Gasteiger partial charge in [-0.05, 0) is 31.1 Å². The molecule has 1 aromatic rings. The minimum atomic E-state index is -2.40. The SMILES string of the molecule is CN(C)CC(C)(C)CNCc1cccc(C(F)F)c1. The number of hydrogen-bond acceptors (Lipinski definition) is 2. The molecule has 0 radical (unpaired) electrons. The fraction of sp³-hybridized carbons (Fsp3) is 0.600. The summed E-state index contributed by atoms with van der Waals surface area (Å²) in [7, 11) is 4.10. The van der Waals surface area contributed by atoms with Gasteiger partial charge in [-0.2, -0.15) is 0 Å². The van der Waals surface area contributed by atoms with E-state index in [4.69, 9.17) is 0 Å². The lowest BCUT2D eigenvalue weighted by Crippen LogP contribution is -2.37. The third-order valence-electron chi connectivity index (χ3n) is 2.88. The first-order valence-corrected chi connectivity index (χ1v) is 6.52. The van der Waals surface area contributed by atoms with Crippen LogP contribution >= 0.6 is 0 Å². The second-order valence-electron chi connectivity index (χ2n) is 6.05. The third kappa shape index (κ3) is 6.12. The highest BCUT2D eigenvalue weighted by Gasteiger charge is 2.18. The summed E-state index contributed by atoms with van der Waals surface area (Å²) in [4.78, 5) is 2.15. The molecule has 0 aliphatic carbocycles. The molecule has 108 valence electrons. The molecule has 0 spiro atoms. The second kappa shape index (κ2) is 6.96. The van der Waals surface area contributed by atoms with E-state index in [9.17, 15) is 8.78 Å². The minimum Gasteiger partial charge on any atom is -0.312 e. The minimum absolute atomic E-state index is 0.0897. The molecule has 0 aliphatic rings. The van der Waals surface area contributed by atoms with E-state index in [-0.39, 0.29) is 11.0 Å². The van der Waals surface area contributed by atoms with Crippen LogP contribution < -0.4 is 5.32 Å². The van der Waals surface area contributed by atoms with Gasteiger partial charge >= 0.3 is 0 Å². The van der Waals surface area contributed by atoms with Crippen LogP contribution in [0, 0.1) is 5.41 Å². The maximum absolute atomic E-state index is 12.6. The fourth-order valence-corrected chi connectivity index (χ4v) is 2.30. The monoisotopic (exact) mass is 270 g/mol. The molecule has 0 atom stereocenters. The molecule has 0 saturated heterocycles. The highest BCUT2D eigenvalue weighted by molar-refractivity contribution is 5.24. The molecular formula is C15H24F2N2. The van der Waals surface area contributed by atoms with Crippen molar-refractivity contribution in [2.45, 2.75) is 26.8 Å². The molecule has 1 aromatic carbocycles. The molecule has 0 saturated carbocycles. The van der Waals surface area contributed by atoms with Gasteiger partial charge in [0.1, 0.15) is 0 Å². The van der Waals surface area contributed by atoms with Crippen LogP contribution in [0.1, 0.15) is 31.4 Å². The quantitative estimate of drug-likeness (QED) is 0.818. The number of benzene rings is 1. The molecule has 0 aliphatic heterocycles. The second-order valence-corrected chi connectivity index (χ2v) is 6.05. The smallest absolute Gasteiger partial charge is 0.263 e. The van der Waals surface area contributed by atoms with E-state index >= 15 is 0 Å². The first-order chi connectivity index (χ1) is 8.80. The lowest BCUT2D eigenvalue weighted by atomic mass is 9.93. The van der Waals surface area contributed by atoms with Gasteiger partial charge in [0.25, 0.3) is 6.43 Å². The van der Waals surface area contributed by atoms with Crippen LogP contribution in [0.25, 0.3) is 0 Å². The standard InChI is InChI=1S/C15H24F2N2/c1-15(2,11-19(3)4)10-18-9-12-6-5-7-13(8-12)14(16)17/h5-8,14,18H,9-11H2,1-4H3. The Labute approximate surface area is 114 Å². The Morgan fingerprint density at radius 3 is 2.53 bits per heavy atom. The lowest BCUT2D eigenvalue weighted by molar-refractivity contribution is 0.151. The largest absolute Gasteiger partial charge is 0.312 e. The van der Waals surface area contributed by atoms with E-state index in [0.717, 1.165) is 18.7 Å². The summed E-state index contributed by atoms with van der Waals surface area (Å²) < 4.78 is 25.2. The molecule has 2 nitrogen and oxygen atoms in total. The number of halogens is 2. The van der Waals surface area contributed by atoms with Gasteiger partial charge in [-0.25, -0.2) is 8.78 Å². The third-order valence-corrected chi connectivity index (χ3v) is 2.88. The number of nitrogens with one attached hydrogen (secondary N) is 1. The van der Waals surface area contributed by atoms with Crippen molar-refractivity contribution in [3.8, 4) is 0 Å². The Hall–Kier alpha value is -1.00. The molecule has 0 heterocycles. The Balaban J connectivity index is 2.47. The van der Waals surface area contributed by atoms with Gasteiger partial charge in [-0.15, -0.1) is 0 Å². The van der Waals surface area contributed by atoms with Gasteiger partial charge < -0.3 is 10.2 Å². The van der Waals surface area contributed by atoms with E-state index in [1.165, 1.54) is 6.07 Å². The van der Waals surface area contributed by atoms with E-state index in [1.54, 1.807) is 12.1 Å². The number of alkyl halides is 2. The first kappa shape index (κ1) is 16.1. The van der Waals surface area contributed by atoms with Crippen LogP contribution in [0.15, 0.2) is 24.3 Å². The molecule has 0 fully saturated rings. The molecule has 4 heteroatoms. The first-order valence-electron chi connectivity index (χ1n) is 6.52. The van der Waals surface area contributed by atoms with E-state index in [0.29, 0.717) is 6.54 Å². The summed E-state index contributed by atoms with van der Waals surface area (Å²) in [5.74, 6) is 0. The highest BCUT2D eigenvalue weighted by Crippen LogP contribution is 2.19. The maximum atomic E-state index is 12.6. The molecular weight excluding hydrogens is 246 g/mol. The van der Waals surface area contributed by atoms with Crippen molar-refractivity contribution < 1.29 is 8.78 Å². The topological polar surface area (TPSA) is 15.3 Å². The van der Waals surface area contributed by atoms with Gasteiger partial charge in [0.2, 0.25) is 0 Å². The molecule has 0 bridgehead atoms. The molecule has 1 rings (SSSR count). The normalized spacial score (nSPS) is 12.4. The van der Waals surface area contributed by atoms with Crippen LogP contribution in [0.3, 0.4) is 0 Å². The Kier molecular flexibility index (Phi) is 5.88. The van der Waals surface area contributed by atoms with E-state index in [1.807, 2.05) is 20.2 Å². The molecule has 1 N–H and O–H groups in total. The number of nitrogens with zero attached hydrogens (tertiary/aromatic N) is 1. The summed E-state index contributed by atoms with van der Waals surface area (Å²) >= 11 is 0. The van der Waals surface area contributed by atoms with Gasteiger partial charge in [-0.1, -0.05) is 32.0 Å². The van der Waals surface area contributed by atoms with Crippen molar-refractivity contribution in [3.05, 3.63) is 35.4 Å². The summed E-state index contributed by atoms with van der Waals surface area (Å²) in [5, 5.41) is 3.34. The van der Waals surface area contributed by atoms with Crippen LogP contribution in [-0.2, 0) is 6.54 Å². The van der Waals surface area contributed by atoms with E-state index in [2.05, 4.69) is 24.1 Å². The van der Waals surface area contributed by atoms with Crippen LogP contribution in [0.5, 0.6) is 0 Å². The van der Waals surface area contributed by atoms with Gasteiger partial charge in [0.05, 0.1) is 0 Å². The molecule has 0 unspecified atom stereocenters. The Bertz CT molecular complexity index is 389. The molecule has 0 aromatic heterocycles. The Morgan fingerprint density at radius 1 is 1.26 bits per heavy atom. The summed E-state index contributed by atoms with van der Waals surface area (Å²) in [6, 6.07) is 6.59. The van der Waals surface area contributed by atoms with Crippen molar-refractivity contribution in [2.75, 3.05) is 27.2 Å². The predicted octanol–water partition coefficient (Wildman–Crippen LogP) is 3.30. The predicted molar refractivity (Wildman–Crippen MR) is 75.4 cm³/mol. The molecule has 0 amide bonds. The maximum Gasteiger partial charge on any atom is 0.263 e. The van der Waals surface area contributed by atoms with Crippen LogP contribution in [0.4, 0.5) is 8.78 Å². The van der Waals surface area contributed by atoms with Gasteiger partial charge in [0.15, 0.2) is 0 Å². The average molecular weight is 270 g/mol. The van der Waals surface area contributed by atoms with Crippen molar-refractivity contribution in [2.24, 2.45) is 5.41 Å². The van der Waals surface area contributed by atoms with Crippen LogP contribution in [0.2, 0.25) is 0 Å². The lowest BCUT2D eigenvalue weighted by Gasteiger charge is -2.28. The van der Waals surface area contributed by atoms with Crippen LogP contribution in [-0.4, -0.2) is 32.1 Å². The highest BCUT2D eigenvalue weighted by atomic mass is 19.3. The van der Waals surface area contributed by atoms with Gasteiger partial charge in [0, 0.05) is 25.2 Å². The summed E-state index contributed by atoms with van der Waals surface area (Å²) in [6.07, 6.45) is -2.40. The molecule has 19 heavy (non-hydrogen) atoms. The summed E-state index contributed by atoms with van der Waals surface area (Å²) in [6.45, 7) is 6.84. The average Bonchev–Trinajstić information content (AvgIpc) is 2.27. The van der Waals surface area contributed by atoms with Crippen molar-refractivity contribution >= 4 is 0 Å². The van der Waals surface area contributed by atoms with Gasteiger partial charge in [-0.3, -0.25) is 0 Å². The fourth-order valence-electron chi connectivity index (χ4n) is 2.30. The Morgan fingerprint density at radius 2 is 1.95 bits per heavy atom. The van der Waals surface area contributed by atoms with Crippen molar-refractivity contribution in [1.82, 2.24) is 10.2 Å². The number of rotatable bonds is 7. The zero-order chi connectivity index (χ0) is 14.5. The van der Waals surface area contributed by atoms with Crippen molar-refractivity contribution in [1.29, 1.82) is 0 Å². The zero-order valence-electron chi connectivity index (χ0n) is 12.2. The zero-order valence-corrected chi connectivity index (χ0v) is 12.2. The van der Waals surface area contributed by atoms with E-state index < -0.39 is 6.43 Å². The summed E-state index contributed by atoms with van der Waals surface area (Å²) in [5.41, 5.74) is 1.15. The van der Waals surface area contributed by atoms with Crippen molar-refractivity contribution in [3.63, 3.8) is 0 Å². The number of hydrogen-bond donors (Lipinski definition) is 1.